The standard InChI is InChI=1S/C10H15FSi/c1-8-5-6-9(11)7-10(8)12(2,3)4/h5-7H,1-4H3. The van der Waals surface area contributed by atoms with Crippen LogP contribution in [0, 0.1) is 12.7 Å². The highest BCUT2D eigenvalue weighted by Crippen LogP contribution is 2.07. The van der Waals surface area contributed by atoms with Gasteiger partial charge < -0.3 is 0 Å². The van der Waals surface area contributed by atoms with Gasteiger partial charge in [-0.05, 0) is 19.1 Å². The zero-order valence-electron chi connectivity index (χ0n) is 8.11. The quantitative estimate of drug-likeness (QED) is 0.586. The summed E-state index contributed by atoms with van der Waals surface area (Å²) in [7, 11) is -1.35. The molecule has 0 N–H and O–H groups in total. The van der Waals surface area contributed by atoms with Crippen molar-refractivity contribution in [1.82, 2.24) is 0 Å². The summed E-state index contributed by atoms with van der Waals surface area (Å²) in [4.78, 5) is 0. The Labute approximate surface area is 74.4 Å². The van der Waals surface area contributed by atoms with Crippen molar-refractivity contribution >= 4 is 13.3 Å². The summed E-state index contributed by atoms with van der Waals surface area (Å²) in [5.41, 5.74) is 1.22. The summed E-state index contributed by atoms with van der Waals surface area (Å²) >= 11 is 0. The predicted octanol–water partition coefficient (Wildman–Crippen LogP) is 2.68. The minimum Gasteiger partial charge on any atom is -0.207 e. The third-order valence-corrected chi connectivity index (χ3v) is 4.16. The van der Waals surface area contributed by atoms with E-state index in [0.717, 1.165) is 0 Å². The lowest BCUT2D eigenvalue weighted by Gasteiger charge is -2.19. The van der Waals surface area contributed by atoms with Gasteiger partial charge in [-0.25, -0.2) is 4.39 Å². The van der Waals surface area contributed by atoms with Crippen LogP contribution in [-0.2, 0) is 0 Å². The molecule has 1 aromatic rings. The summed E-state index contributed by atoms with van der Waals surface area (Å²) in [5.74, 6) is -0.113. The van der Waals surface area contributed by atoms with Gasteiger partial charge >= 0.3 is 0 Å². The lowest BCUT2D eigenvalue weighted by atomic mass is 10.2. The average Bonchev–Trinajstić information content (AvgIpc) is 1.92. The van der Waals surface area contributed by atoms with Crippen LogP contribution in [0.1, 0.15) is 5.56 Å². The van der Waals surface area contributed by atoms with E-state index in [1.807, 2.05) is 13.0 Å². The first-order chi connectivity index (χ1) is 5.41. The highest BCUT2D eigenvalue weighted by atomic mass is 28.3. The highest BCUT2D eigenvalue weighted by Gasteiger charge is 2.18. The SMILES string of the molecule is Cc1ccc(F)cc1[Si](C)(C)C. The fraction of sp³-hybridized carbons (Fsp3) is 0.400. The van der Waals surface area contributed by atoms with E-state index in [1.54, 1.807) is 6.07 Å². The molecule has 0 aromatic heterocycles. The molecule has 66 valence electrons. The van der Waals surface area contributed by atoms with Gasteiger partial charge in [0.25, 0.3) is 0 Å². The fourth-order valence-corrected chi connectivity index (χ4v) is 3.24. The van der Waals surface area contributed by atoms with Crippen molar-refractivity contribution in [3.63, 3.8) is 0 Å². The Kier molecular flexibility index (Phi) is 2.38. The van der Waals surface area contributed by atoms with Crippen molar-refractivity contribution in [2.24, 2.45) is 0 Å². The second kappa shape index (κ2) is 3.02. The summed E-state index contributed by atoms with van der Waals surface area (Å²) in [6.45, 7) is 8.74. The van der Waals surface area contributed by atoms with Crippen LogP contribution >= 0.6 is 0 Å². The van der Waals surface area contributed by atoms with Crippen molar-refractivity contribution in [1.29, 1.82) is 0 Å². The van der Waals surface area contributed by atoms with Gasteiger partial charge in [0.15, 0.2) is 0 Å². The van der Waals surface area contributed by atoms with E-state index >= 15 is 0 Å². The van der Waals surface area contributed by atoms with Crippen LogP contribution in [0.4, 0.5) is 4.39 Å². The maximum absolute atomic E-state index is 12.9. The molecule has 1 aromatic carbocycles. The molecule has 0 fully saturated rings. The van der Waals surface area contributed by atoms with Gasteiger partial charge in [0.05, 0.1) is 8.07 Å². The molecule has 0 nitrogen and oxygen atoms in total. The van der Waals surface area contributed by atoms with E-state index in [1.165, 1.54) is 16.8 Å². The van der Waals surface area contributed by atoms with E-state index in [0.29, 0.717) is 0 Å². The van der Waals surface area contributed by atoms with Crippen molar-refractivity contribution in [2.45, 2.75) is 26.6 Å². The first kappa shape index (κ1) is 9.45. The Hall–Kier alpha value is -0.633. The van der Waals surface area contributed by atoms with Gasteiger partial charge in [-0.2, -0.15) is 0 Å². The molecule has 0 radical (unpaired) electrons. The second-order valence-electron chi connectivity index (χ2n) is 4.21. The minimum atomic E-state index is -1.35. The van der Waals surface area contributed by atoms with E-state index in [-0.39, 0.29) is 5.82 Å². The Bertz CT molecular complexity index is 286. The number of benzene rings is 1. The van der Waals surface area contributed by atoms with Gasteiger partial charge in [0.1, 0.15) is 5.82 Å². The molecule has 0 aliphatic heterocycles. The van der Waals surface area contributed by atoms with Crippen molar-refractivity contribution in [3.8, 4) is 0 Å². The molecule has 0 bridgehead atoms. The summed E-state index contributed by atoms with van der Waals surface area (Å²) in [6.07, 6.45) is 0. The van der Waals surface area contributed by atoms with Crippen LogP contribution in [-0.4, -0.2) is 8.07 Å². The van der Waals surface area contributed by atoms with Crippen molar-refractivity contribution in [3.05, 3.63) is 29.6 Å². The van der Waals surface area contributed by atoms with E-state index in [9.17, 15) is 4.39 Å². The van der Waals surface area contributed by atoms with Crippen LogP contribution in [0.15, 0.2) is 18.2 Å². The average molecular weight is 182 g/mol. The molecule has 0 atom stereocenters. The number of hydrogen-bond acceptors (Lipinski definition) is 0. The van der Waals surface area contributed by atoms with Crippen LogP contribution in [0.5, 0.6) is 0 Å². The fourth-order valence-electron chi connectivity index (χ4n) is 1.40. The third kappa shape index (κ3) is 1.94. The minimum absolute atomic E-state index is 0.113. The van der Waals surface area contributed by atoms with Crippen LogP contribution in [0.3, 0.4) is 0 Å². The van der Waals surface area contributed by atoms with Crippen LogP contribution in [0.25, 0.3) is 0 Å². The third-order valence-electron chi connectivity index (χ3n) is 2.01. The molecular formula is C10H15FSi. The zero-order valence-corrected chi connectivity index (χ0v) is 9.11. The monoisotopic (exact) mass is 182 g/mol. The lowest BCUT2D eigenvalue weighted by Crippen LogP contribution is -2.39. The molecular weight excluding hydrogens is 167 g/mol. The topological polar surface area (TPSA) is 0 Å². The number of rotatable bonds is 1. The molecule has 0 unspecified atom stereocenters. The Morgan fingerprint density at radius 1 is 1.17 bits per heavy atom. The van der Waals surface area contributed by atoms with Crippen molar-refractivity contribution < 1.29 is 4.39 Å². The van der Waals surface area contributed by atoms with E-state index in [2.05, 4.69) is 19.6 Å². The van der Waals surface area contributed by atoms with E-state index in [4.69, 9.17) is 0 Å². The molecule has 0 saturated carbocycles. The van der Waals surface area contributed by atoms with Crippen LogP contribution in [0.2, 0.25) is 19.6 Å². The first-order valence-corrected chi connectivity index (χ1v) is 7.68. The maximum Gasteiger partial charge on any atom is 0.123 e. The molecule has 0 amide bonds. The second-order valence-corrected chi connectivity index (χ2v) is 9.25. The first-order valence-electron chi connectivity index (χ1n) is 4.18. The van der Waals surface area contributed by atoms with E-state index < -0.39 is 8.07 Å². The van der Waals surface area contributed by atoms with Gasteiger partial charge in [-0.3, -0.25) is 0 Å². The van der Waals surface area contributed by atoms with Crippen molar-refractivity contribution in [2.75, 3.05) is 0 Å². The van der Waals surface area contributed by atoms with Gasteiger partial charge in [0.2, 0.25) is 0 Å². The summed E-state index contributed by atoms with van der Waals surface area (Å²) < 4.78 is 12.9. The number of hydrogen-bond donors (Lipinski definition) is 0. The van der Waals surface area contributed by atoms with Gasteiger partial charge in [0, 0.05) is 0 Å². The molecule has 0 spiro atoms. The summed E-state index contributed by atoms with van der Waals surface area (Å²) in [6, 6.07) is 5.07. The Morgan fingerprint density at radius 2 is 1.75 bits per heavy atom. The molecule has 2 heteroatoms. The largest absolute Gasteiger partial charge is 0.207 e. The molecule has 12 heavy (non-hydrogen) atoms. The smallest absolute Gasteiger partial charge is 0.123 e. The Balaban J connectivity index is 3.23. The Morgan fingerprint density at radius 3 is 2.17 bits per heavy atom. The molecule has 0 heterocycles. The predicted molar refractivity (Wildman–Crippen MR) is 54.1 cm³/mol. The maximum atomic E-state index is 12.9. The van der Waals surface area contributed by atoms with Crippen LogP contribution < -0.4 is 5.19 Å². The molecule has 1 rings (SSSR count). The van der Waals surface area contributed by atoms with Gasteiger partial charge in [-0.1, -0.05) is 36.5 Å². The number of halogens is 1. The van der Waals surface area contributed by atoms with Gasteiger partial charge in [-0.15, -0.1) is 0 Å². The summed E-state index contributed by atoms with van der Waals surface area (Å²) in [5, 5.41) is 1.22. The number of aryl methyl sites for hydroxylation is 1. The lowest BCUT2D eigenvalue weighted by molar-refractivity contribution is 0.628. The normalized spacial score (nSPS) is 11.8. The molecule has 0 aliphatic rings. The molecule has 0 saturated heterocycles. The molecule has 0 aliphatic carbocycles. The highest BCUT2D eigenvalue weighted by molar-refractivity contribution is 6.89. The zero-order chi connectivity index (χ0) is 9.35.